The van der Waals surface area contributed by atoms with Gasteiger partial charge in [-0.3, -0.25) is 9.69 Å². The molecule has 3 heterocycles. The predicted octanol–water partition coefficient (Wildman–Crippen LogP) is 1.45. The molecule has 7 heteroatoms. The monoisotopic (exact) mass is 343 g/mol. The Hall–Kier alpha value is -2.54. The average molecular weight is 343 g/mol. The third-order valence-electron chi connectivity index (χ3n) is 5.35. The fourth-order valence-electron chi connectivity index (χ4n) is 4.00. The summed E-state index contributed by atoms with van der Waals surface area (Å²) in [5.74, 6) is 0.444. The fourth-order valence-corrected chi connectivity index (χ4v) is 4.00. The Kier molecular flexibility index (Phi) is 3.88. The molecule has 7 nitrogen and oxygen atoms in total. The first-order valence-electron chi connectivity index (χ1n) is 8.35. The second-order valence-corrected chi connectivity index (χ2v) is 6.72. The van der Waals surface area contributed by atoms with Crippen molar-refractivity contribution in [3.05, 3.63) is 42.5 Å². The lowest BCUT2D eigenvalue weighted by Gasteiger charge is -2.36. The fraction of sp³-hybridized carbons (Fsp3) is 0.444. The van der Waals surface area contributed by atoms with Gasteiger partial charge in [0, 0.05) is 50.1 Å². The Morgan fingerprint density at radius 3 is 3.08 bits per heavy atom. The van der Waals surface area contributed by atoms with Crippen molar-refractivity contribution in [3.63, 3.8) is 0 Å². The predicted molar refractivity (Wildman–Crippen MR) is 90.0 cm³/mol. The molecule has 0 saturated carbocycles. The minimum absolute atomic E-state index is 0.105. The molecule has 1 saturated heterocycles. The van der Waals surface area contributed by atoms with Crippen LogP contribution in [0.5, 0.6) is 11.5 Å². The Morgan fingerprint density at radius 1 is 1.48 bits per heavy atom. The zero-order valence-corrected chi connectivity index (χ0v) is 14.1. The van der Waals surface area contributed by atoms with E-state index in [1.807, 2.05) is 29.0 Å². The van der Waals surface area contributed by atoms with E-state index in [1.165, 1.54) is 0 Å². The van der Waals surface area contributed by atoms with E-state index in [1.54, 1.807) is 19.6 Å². The SMILES string of the molecule is COc1cccc2c1OC[C@]1(C(=O)O)CN(CCn3ccnc3)C[C@H]21. The van der Waals surface area contributed by atoms with E-state index in [4.69, 9.17) is 9.47 Å². The van der Waals surface area contributed by atoms with E-state index in [2.05, 4.69) is 9.88 Å². The number of methoxy groups -OCH3 is 1. The average Bonchev–Trinajstić information content (AvgIpc) is 3.27. The molecule has 2 aliphatic heterocycles. The number of aromatic nitrogens is 2. The summed E-state index contributed by atoms with van der Waals surface area (Å²) < 4.78 is 13.3. The maximum Gasteiger partial charge on any atom is 0.315 e. The summed E-state index contributed by atoms with van der Waals surface area (Å²) in [6.45, 7) is 2.92. The maximum absolute atomic E-state index is 12.1. The molecule has 1 N–H and O–H groups in total. The normalized spacial score (nSPS) is 25.1. The number of carboxylic acids is 1. The van der Waals surface area contributed by atoms with Gasteiger partial charge in [0.15, 0.2) is 11.5 Å². The van der Waals surface area contributed by atoms with Gasteiger partial charge in [0.25, 0.3) is 0 Å². The molecule has 0 radical (unpaired) electrons. The van der Waals surface area contributed by atoms with Gasteiger partial charge in [-0.15, -0.1) is 0 Å². The van der Waals surface area contributed by atoms with Crippen molar-refractivity contribution in [2.24, 2.45) is 5.41 Å². The highest BCUT2D eigenvalue weighted by Crippen LogP contribution is 2.52. The molecule has 2 atom stereocenters. The Balaban J connectivity index is 1.62. The number of rotatable bonds is 5. The van der Waals surface area contributed by atoms with Crippen LogP contribution in [0.4, 0.5) is 0 Å². The topological polar surface area (TPSA) is 76.8 Å². The molecule has 2 aliphatic rings. The number of imidazole rings is 1. The van der Waals surface area contributed by atoms with Crippen LogP contribution in [0.1, 0.15) is 11.5 Å². The minimum atomic E-state index is -0.908. The van der Waals surface area contributed by atoms with Crippen molar-refractivity contribution in [2.45, 2.75) is 12.5 Å². The molecule has 0 amide bonds. The van der Waals surface area contributed by atoms with E-state index >= 15 is 0 Å². The van der Waals surface area contributed by atoms with Gasteiger partial charge in [-0.25, -0.2) is 4.98 Å². The maximum atomic E-state index is 12.1. The molecule has 2 aromatic rings. The molecule has 0 unspecified atom stereocenters. The molecular formula is C18H21N3O4. The summed E-state index contributed by atoms with van der Waals surface area (Å²) in [7, 11) is 1.60. The summed E-state index contributed by atoms with van der Waals surface area (Å²) >= 11 is 0. The number of para-hydroxylation sites is 1. The van der Waals surface area contributed by atoms with E-state index in [0.717, 1.165) is 18.7 Å². The van der Waals surface area contributed by atoms with Gasteiger partial charge in [0.05, 0.1) is 13.4 Å². The molecule has 0 bridgehead atoms. The van der Waals surface area contributed by atoms with Crippen LogP contribution in [0.3, 0.4) is 0 Å². The lowest BCUT2D eigenvalue weighted by molar-refractivity contribution is -0.151. The number of benzene rings is 1. The Labute approximate surface area is 145 Å². The van der Waals surface area contributed by atoms with Crippen molar-refractivity contribution < 1.29 is 19.4 Å². The zero-order chi connectivity index (χ0) is 17.4. The van der Waals surface area contributed by atoms with Crippen LogP contribution in [0.2, 0.25) is 0 Å². The van der Waals surface area contributed by atoms with Gasteiger partial charge in [-0.1, -0.05) is 12.1 Å². The number of ether oxygens (including phenoxy) is 2. The highest BCUT2D eigenvalue weighted by molar-refractivity contribution is 5.78. The second-order valence-electron chi connectivity index (χ2n) is 6.72. The minimum Gasteiger partial charge on any atom is -0.493 e. The highest BCUT2D eigenvalue weighted by atomic mass is 16.5. The van der Waals surface area contributed by atoms with E-state index < -0.39 is 11.4 Å². The van der Waals surface area contributed by atoms with Crippen molar-refractivity contribution in [1.82, 2.24) is 14.5 Å². The highest BCUT2D eigenvalue weighted by Gasteiger charge is 2.56. The number of carboxylic acid groups (broad SMARTS) is 1. The molecular weight excluding hydrogens is 322 g/mol. The zero-order valence-electron chi connectivity index (χ0n) is 14.1. The van der Waals surface area contributed by atoms with Crippen LogP contribution in [-0.4, -0.2) is 58.9 Å². The molecule has 25 heavy (non-hydrogen) atoms. The van der Waals surface area contributed by atoms with Gasteiger partial charge in [0.2, 0.25) is 0 Å². The lowest BCUT2D eigenvalue weighted by atomic mass is 9.73. The van der Waals surface area contributed by atoms with Crippen LogP contribution >= 0.6 is 0 Å². The van der Waals surface area contributed by atoms with E-state index in [-0.39, 0.29) is 12.5 Å². The third-order valence-corrected chi connectivity index (χ3v) is 5.35. The first kappa shape index (κ1) is 16.0. The van der Waals surface area contributed by atoms with Gasteiger partial charge in [0.1, 0.15) is 12.0 Å². The third kappa shape index (κ3) is 2.55. The van der Waals surface area contributed by atoms with Crippen LogP contribution in [0.25, 0.3) is 0 Å². The number of hydrogen-bond acceptors (Lipinski definition) is 5. The van der Waals surface area contributed by atoms with Crippen molar-refractivity contribution in [1.29, 1.82) is 0 Å². The molecule has 0 spiro atoms. The van der Waals surface area contributed by atoms with Crippen LogP contribution in [-0.2, 0) is 11.3 Å². The number of hydrogen-bond donors (Lipinski definition) is 1. The summed E-state index contributed by atoms with van der Waals surface area (Å²) in [4.78, 5) is 18.4. The van der Waals surface area contributed by atoms with Crippen LogP contribution in [0.15, 0.2) is 36.9 Å². The Morgan fingerprint density at radius 2 is 2.36 bits per heavy atom. The van der Waals surface area contributed by atoms with E-state index in [0.29, 0.717) is 24.6 Å². The standard InChI is InChI=1S/C18H21N3O4/c1-24-15-4-2-3-13-14-9-21(8-7-20-6-5-19-12-20)10-18(14,17(22)23)11-25-16(13)15/h2-6,12,14H,7-11H2,1H3,(H,22,23)/t14-,18-/m1/s1. The quantitative estimate of drug-likeness (QED) is 0.886. The number of likely N-dealkylation sites (tertiary alicyclic amines) is 1. The number of aliphatic carboxylic acids is 1. The summed E-state index contributed by atoms with van der Waals surface area (Å²) in [6.07, 6.45) is 5.44. The number of nitrogens with zero attached hydrogens (tertiary/aromatic N) is 3. The smallest absolute Gasteiger partial charge is 0.315 e. The molecule has 1 fully saturated rings. The molecule has 1 aromatic heterocycles. The van der Waals surface area contributed by atoms with Crippen LogP contribution < -0.4 is 9.47 Å². The Bertz CT molecular complexity index is 777. The van der Waals surface area contributed by atoms with Gasteiger partial charge >= 0.3 is 5.97 Å². The molecule has 4 rings (SSSR count). The number of carbonyl (C=O) groups is 1. The summed E-state index contributed by atoms with van der Waals surface area (Å²) in [6, 6.07) is 5.70. The van der Waals surface area contributed by atoms with Crippen molar-refractivity contribution in [3.8, 4) is 11.5 Å². The van der Waals surface area contributed by atoms with Gasteiger partial charge < -0.3 is 19.1 Å². The lowest BCUT2D eigenvalue weighted by Crippen LogP contribution is -2.45. The first-order valence-corrected chi connectivity index (χ1v) is 8.35. The second kappa shape index (κ2) is 6.07. The molecule has 132 valence electrons. The van der Waals surface area contributed by atoms with Crippen molar-refractivity contribution >= 4 is 5.97 Å². The summed E-state index contributed by atoms with van der Waals surface area (Å²) in [5.41, 5.74) is 0.0204. The van der Waals surface area contributed by atoms with Crippen LogP contribution in [0, 0.1) is 5.41 Å². The van der Waals surface area contributed by atoms with Gasteiger partial charge in [-0.05, 0) is 6.07 Å². The summed E-state index contributed by atoms with van der Waals surface area (Å²) in [5, 5.41) is 9.97. The van der Waals surface area contributed by atoms with E-state index in [9.17, 15) is 9.90 Å². The molecule has 0 aliphatic carbocycles. The number of fused-ring (bicyclic) bond motifs is 3. The van der Waals surface area contributed by atoms with Crippen molar-refractivity contribution in [2.75, 3.05) is 33.4 Å². The molecule has 1 aromatic carbocycles. The van der Waals surface area contributed by atoms with Gasteiger partial charge in [-0.2, -0.15) is 0 Å². The largest absolute Gasteiger partial charge is 0.493 e. The first-order chi connectivity index (χ1) is 12.1.